The highest BCUT2D eigenvalue weighted by molar-refractivity contribution is 5.32. The SMILES string of the molecule is CC.CCCCO.Cc1cccc(C(C)Cc2ccc(C)c(C)c2)c1. The van der Waals surface area contributed by atoms with E-state index in [0.29, 0.717) is 12.5 Å². The van der Waals surface area contributed by atoms with Gasteiger partial charge in [-0.15, -0.1) is 0 Å². The van der Waals surface area contributed by atoms with E-state index in [9.17, 15) is 0 Å². The van der Waals surface area contributed by atoms with E-state index in [1.807, 2.05) is 13.8 Å². The minimum Gasteiger partial charge on any atom is -0.396 e. The van der Waals surface area contributed by atoms with E-state index >= 15 is 0 Å². The van der Waals surface area contributed by atoms with Crippen LogP contribution in [0.15, 0.2) is 42.5 Å². The third-order valence-electron chi connectivity index (χ3n) is 4.24. The number of aliphatic hydroxyl groups is 1. The van der Waals surface area contributed by atoms with E-state index in [4.69, 9.17) is 5.11 Å². The van der Waals surface area contributed by atoms with Crippen molar-refractivity contribution >= 4 is 0 Å². The Kier molecular flexibility index (Phi) is 12.8. The Morgan fingerprint density at radius 2 is 1.60 bits per heavy atom. The molecule has 0 amide bonds. The number of rotatable bonds is 5. The highest BCUT2D eigenvalue weighted by Gasteiger charge is 2.07. The smallest absolute Gasteiger partial charge is 0.0430 e. The van der Waals surface area contributed by atoms with Crippen LogP contribution in [0.5, 0.6) is 0 Å². The Morgan fingerprint density at radius 3 is 2.08 bits per heavy atom. The van der Waals surface area contributed by atoms with E-state index in [1.54, 1.807) is 0 Å². The minimum absolute atomic E-state index is 0.344. The molecule has 25 heavy (non-hydrogen) atoms. The van der Waals surface area contributed by atoms with Gasteiger partial charge in [0.1, 0.15) is 0 Å². The van der Waals surface area contributed by atoms with E-state index in [2.05, 4.69) is 77.1 Å². The molecule has 1 heteroatoms. The molecule has 0 heterocycles. The van der Waals surface area contributed by atoms with E-state index in [-0.39, 0.29) is 0 Å². The van der Waals surface area contributed by atoms with Crippen LogP contribution in [0.25, 0.3) is 0 Å². The molecule has 0 aliphatic carbocycles. The Morgan fingerprint density at radius 1 is 0.920 bits per heavy atom. The molecule has 0 bridgehead atoms. The van der Waals surface area contributed by atoms with Crippen LogP contribution < -0.4 is 0 Å². The van der Waals surface area contributed by atoms with E-state index in [0.717, 1.165) is 19.3 Å². The summed E-state index contributed by atoms with van der Waals surface area (Å²) in [6, 6.07) is 15.7. The van der Waals surface area contributed by atoms with Crippen molar-refractivity contribution in [3.05, 3.63) is 70.3 Å². The van der Waals surface area contributed by atoms with Gasteiger partial charge in [0.2, 0.25) is 0 Å². The number of hydrogen-bond acceptors (Lipinski definition) is 1. The third kappa shape index (κ3) is 9.45. The monoisotopic (exact) mass is 342 g/mol. The summed E-state index contributed by atoms with van der Waals surface area (Å²) in [7, 11) is 0. The van der Waals surface area contributed by atoms with Gasteiger partial charge in [0.15, 0.2) is 0 Å². The lowest BCUT2D eigenvalue weighted by molar-refractivity contribution is 0.287. The largest absolute Gasteiger partial charge is 0.396 e. The molecule has 1 unspecified atom stereocenters. The Hall–Kier alpha value is -1.60. The van der Waals surface area contributed by atoms with Gasteiger partial charge >= 0.3 is 0 Å². The first-order valence-electron chi connectivity index (χ1n) is 9.71. The predicted octanol–water partition coefficient (Wildman–Crippen LogP) is 6.76. The number of hydrogen-bond donors (Lipinski definition) is 1. The minimum atomic E-state index is 0.344. The molecular formula is C24H38O. The van der Waals surface area contributed by atoms with Crippen LogP contribution in [0.2, 0.25) is 0 Å². The number of unbranched alkanes of at least 4 members (excludes halogenated alkanes) is 1. The molecule has 0 spiro atoms. The third-order valence-corrected chi connectivity index (χ3v) is 4.24. The lowest BCUT2D eigenvalue weighted by Gasteiger charge is -2.13. The van der Waals surface area contributed by atoms with Crippen LogP contribution in [0.3, 0.4) is 0 Å². The molecule has 2 aromatic rings. The van der Waals surface area contributed by atoms with E-state index in [1.165, 1.54) is 27.8 Å². The summed E-state index contributed by atoms with van der Waals surface area (Å²) in [5, 5.41) is 8.07. The number of benzene rings is 2. The summed E-state index contributed by atoms with van der Waals surface area (Å²) in [4.78, 5) is 0. The van der Waals surface area contributed by atoms with Crippen molar-refractivity contribution in [2.75, 3.05) is 6.61 Å². The summed E-state index contributed by atoms with van der Waals surface area (Å²) in [6.07, 6.45) is 3.15. The molecule has 2 aromatic carbocycles. The highest BCUT2D eigenvalue weighted by Crippen LogP contribution is 2.22. The molecule has 0 saturated heterocycles. The fourth-order valence-electron chi connectivity index (χ4n) is 2.54. The van der Waals surface area contributed by atoms with Crippen molar-refractivity contribution in [2.45, 2.75) is 73.6 Å². The van der Waals surface area contributed by atoms with Crippen molar-refractivity contribution in [1.29, 1.82) is 0 Å². The molecule has 0 aliphatic heterocycles. The average Bonchev–Trinajstić information content (AvgIpc) is 2.61. The molecule has 1 nitrogen and oxygen atoms in total. The van der Waals surface area contributed by atoms with Gasteiger partial charge in [0.05, 0.1) is 0 Å². The number of aliphatic hydroxyl groups excluding tert-OH is 1. The fourth-order valence-corrected chi connectivity index (χ4v) is 2.54. The molecule has 140 valence electrons. The first kappa shape index (κ1) is 23.4. The molecule has 1 N–H and O–H groups in total. The van der Waals surface area contributed by atoms with Gasteiger partial charge in [0, 0.05) is 6.61 Å². The van der Waals surface area contributed by atoms with Crippen molar-refractivity contribution in [2.24, 2.45) is 0 Å². The first-order valence-corrected chi connectivity index (χ1v) is 9.71. The molecule has 0 saturated carbocycles. The second-order valence-corrected chi connectivity index (χ2v) is 6.52. The zero-order chi connectivity index (χ0) is 19.2. The molecule has 1 atom stereocenters. The molecule has 0 fully saturated rings. The van der Waals surface area contributed by atoms with Crippen molar-refractivity contribution in [3.63, 3.8) is 0 Å². The quantitative estimate of drug-likeness (QED) is 0.636. The second kappa shape index (κ2) is 13.7. The van der Waals surface area contributed by atoms with Gasteiger partial charge in [-0.2, -0.15) is 0 Å². The lowest BCUT2D eigenvalue weighted by atomic mass is 9.91. The maximum absolute atomic E-state index is 8.07. The van der Waals surface area contributed by atoms with Crippen LogP contribution in [-0.4, -0.2) is 11.7 Å². The predicted molar refractivity (Wildman–Crippen MR) is 113 cm³/mol. The van der Waals surface area contributed by atoms with Crippen LogP contribution >= 0.6 is 0 Å². The summed E-state index contributed by atoms with van der Waals surface area (Å²) >= 11 is 0. The van der Waals surface area contributed by atoms with Gasteiger partial charge in [-0.3, -0.25) is 0 Å². The van der Waals surface area contributed by atoms with Crippen LogP contribution in [-0.2, 0) is 6.42 Å². The van der Waals surface area contributed by atoms with Gasteiger partial charge < -0.3 is 5.11 Å². The van der Waals surface area contributed by atoms with Crippen molar-refractivity contribution in [3.8, 4) is 0 Å². The summed E-state index contributed by atoms with van der Waals surface area (Å²) in [5.74, 6) is 0.576. The number of aryl methyl sites for hydroxylation is 3. The zero-order valence-electron chi connectivity index (χ0n) is 17.4. The van der Waals surface area contributed by atoms with Crippen molar-refractivity contribution < 1.29 is 5.11 Å². The normalized spacial score (nSPS) is 10.9. The maximum atomic E-state index is 8.07. The van der Waals surface area contributed by atoms with Gasteiger partial charge in [-0.1, -0.05) is 82.1 Å². The Labute approximate surface area is 156 Å². The van der Waals surface area contributed by atoms with Crippen LogP contribution in [0.1, 0.15) is 74.3 Å². The standard InChI is InChI=1S/C18H22.C4H10O.C2H6/c1-13-6-5-7-18(10-13)16(4)12-17-9-8-14(2)15(3)11-17;1-2-3-4-5;1-2/h5-11,16H,12H2,1-4H3;5H,2-4H2,1H3;1-2H3. The molecule has 0 radical (unpaired) electrons. The topological polar surface area (TPSA) is 20.2 Å². The molecule has 2 rings (SSSR count). The molecule has 0 aliphatic rings. The summed E-state index contributed by atoms with van der Waals surface area (Å²) in [5.41, 5.74) is 6.99. The second-order valence-electron chi connectivity index (χ2n) is 6.52. The van der Waals surface area contributed by atoms with Gasteiger partial charge in [0.25, 0.3) is 0 Å². The maximum Gasteiger partial charge on any atom is 0.0430 e. The van der Waals surface area contributed by atoms with Crippen molar-refractivity contribution in [1.82, 2.24) is 0 Å². The fraction of sp³-hybridized carbons (Fsp3) is 0.500. The average molecular weight is 343 g/mol. The lowest BCUT2D eigenvalue weighted by Crippen LogP contribution is -1.99. The first-order chi connectivity index (χ1) is 12.0. The van der Waals surface area contributed by atoms with Gasteiger partial charge in [-0.05, 0) is 61.8 Å². The van der Waals surface area contributed by atoms with Crippen LogP contribution in [0.4, 0.5) is 0 Å². The molecule has 0 aromatic heterocycles. The zero-order valence-corrected chi connectivity index (χ0v) is 17.4. The summed E-state index contributed by atoms with van der Waals surface area (Å²) < 4.78 is 0. The van der Waals surface area contributed by atoms with Crippen LogP contribution in [0, 0.1) is 20.8 Å². The van der Waals surface area contributed by atoms with E-state index < -0.39 is 0 Å². The summed E-state index contributed by atoms with van der Waals surface area (Å²) in [6.45, 7) is 15.2. The Balaban J connectivity index is 0.000000710. The molecular weight excluding hydrogens is 304 g/mol. The Bertz CT molecular complexity index is 584. The van der Waals surface area contributed by atoms with Gasteiger partial charge in [-0.25, -0.2) is 0 Å². The highest BCUT2D eigenvalue weighted by atomic mass is 16.2.